The Labute approximate surface area is 197 Å². The standard InChI is InChI=1S/C26H29F3N2O3/c1-15-11-20(12-16(2)18(15)4)25(5)13-22(31-34-25)19-6-7-21(17(3)10-19)23(32)8-9-24(33)30-14-26(27,28)29/h6-7,10-12H,8-9,13-14H2,1-5H3,(H,30,33). The van der Waals surface area contributed by atoms with Gasteiger partial charge in [0.25, 0.3) is 0 Å². The molecule has 2 aromatic carbocycles. The van der Waals surface area contributed by atoms with E-state index in [1.54, 1.807) is 24.4 Å². The molecule has 5 nitrogen and oxygen atoms in total. The second kappa shape index (κ2) is 9.60. The van der Waals surface area contributed by atoms with Crippen LogP contribution in [-0.4, -0.2) is 30.1 Å². The lowest BCUT2D eigenvalue weighted by Gasteiger charge is -2.24. The number of benzene rings is 2. The molecule has 0 bridgehead atoms. The van der Waals surface area contributed by atoms with Crippen molar-refractivity contribution in [2.24, 2.45) is 5.16 Å². The SMILES string of the molecule is Cc1cc(C2=NOC(C)(c3cc(C)c(C)c(C)c3)C2)ccc1C(=O)CCC(=O)NCC(F)(F)F. The van der Waals surface area contributed by atoms with Crippen LogP contribution in [0.3, 0.4) is 0 Å². The van der Waals surface area contributed by atoms with Gasteiger partial charge in [-0.25, -0.2) is 0 Å². The van der Waals surface area contributed by atoms with Gasteiger partial charge in [0.15, 0.2) is 11.4 Å². The number of carbonyl (C=O) groups excluding carboxylic acids is 2. The van der Waals surface area contributed by atoms with Gasteiger partial charge in [-0.3, -0.25) is 9.59 Å². The number of aryl methyl sites for hydroxylation is 3. The molecule has 3 rings (SSSR count). The molecule has 34 heavy (non-hydrogen) atoms. The molecule has 1 N–H and O–H groups in total. The first-order chi connectivity index (χ1) is 15.8. The summed E-state index contributed by atoms with van der Waals surface area (Å²) in [7, 11) is 0. The van der Waals surface area contributed by atoms with Crippen molar-refractivity contribution in [2.75, 3.05) is 6.54 Å². The molecule has 0 aliphatic carbocycles. The first-order valence-corrected chi connectivity index (χ1v) is 11.1. The van der Waals surface area contributed by atoms with E-state index in [1.165, 1.54) is 16.7 Å². The predicted octanol–water partition coefficient (Wildman–Crippen LogP) is 5.60. The van der Waals surface area contributed by atoms with Gasteiger partial charge in [0.05, 0.1) is 5.71 Å². The predicted molar refractivity (Wildman–Crippen MR) is 124 cm³/mol. The number of nitrogens with zero attached hydrogens (tertiary/aromatic N) is 1. The number of nitrogens with one attached hydrogen (secondary N) is 1. The number of hydrogen-bond donors (Lipinski definition) is 1. The van der Waals surface area contributed by atoms with E-state index in [0.717, 1.165) is 16.8 Å². The molecular formula is C26H29F3N2O3. The maximum absolute atomic E-state index is 12.5. The highest BCUT2D eigenvalue weighted by Crippen LogP contribution is 2.37. The number of halogens is 3. The second-order valence-electron chi connectivity index (χ2n) is 9.12. The van der Waals surface area contributed by atoms with Crippen molar-refractivity contribution in [3.63, 3.8) is 0 Å². The molecule has 182 valence electrons. The van der Waals surface area contributed by atoms with Crippen LogP contribution in [-0.2, 0) is 15.2 Å². The van der Waals surface area contributed by atoms with E-state index >= 15 is 0 Å². The molecule has 2 aromatic rings. The Balaban J connectivity index is 1.66. The molecule has 0 saturated heterocycles. The number of hydrogen-bond acceptors (Lipinski definition) is 4. The average Bonchev–Trinajstić information content (AvgIpc) is 3.16. The Morgan fingerprint density at radius 1 is 1.03 bits per heavy atom. The van der Waals surface area contributed by atoms with Crippen LogP contribution in [0, 0.1) is 27.7 Å². The van der Waals surface area contributed by atoms with Gasteiger partial charge >= 0.3 is 6.18 Å². The highest BCUT2D eigenvalue weighted by Gasteiger charge is 2.37. The number of Topliss-reactive ketones (excluding diaryl/α,β-unsaturated/α-hetero) is 1. The van der Waals surface area contributed by atoms with Crippen LogP contribution in [0.5, 0.6) is 0 Å². The smallest absolute Gasteiger partial charge is 0.384 e. The minimum atomic E-state index is -4.48. The van der Waals surface area contributed by atoms with Gasteiger partial charge in [0.1, 0.15) is 6.54 Å². The summed E-state index contributed by atoms with van der Waals surface area (Å²) in [5.74, 6) is -1.11. The monoisotopic (exact) mass is 474 g/mol. The summed E-state index contributed by atoms with van der Waals surface area (Å²) in [5, 5.41) is 6.10. The first-order valence-electron chi connectivity index (χ1n) is 11.1. The van der Waals surface area contributed by atoms with E-state index in [2.05, 4.69) is 38.1 Å². The van der Waals surface area contributed by atoms with Crippen molar-refractivity contribution in [1.82, 2.24) is 5.32 Å². The molecule has 1 amide bonds. The molecular weight excluding hydrogens is 445 g/mol. The van der Waals surface area contributed by atoms with Gasteiger partial charge in [-0.15, -0.1) is 0 Å². The fraction of sp³-hybridized carbons (Fsp3) is 0.423. The third-order valence-electron chi connectivity index (χ3n) is 6.32. The highest BCUT2D eigenvalue weighted by molar-refractivity contribution is 6.04. The zero-order valence-electron chi connectivity index (χ0n) is 20.0. The van der Waals surface area contributed by atoms with E-state index in [-0.39, 0.29) is 18.6 Å². The molecule has 1 heterocycles. The van der Waals surface area contributed by atoms with Crippen molar-refractivity contribution in [3.05, 3.63) is 69.3 Å². The Morgan fingerprint density at radius 2 is 1.68 bits per heavy atom. The summed E-state index contributed by atoms with van der Waals surface area (Å²) >= 11 is 0. The number of rotatable bonds is 7. The highest BCUT2D eigenvalue weighted by atomic mass is 19.4. The summed E-state index contributed by atoms with van der Waals surface area (Å²) in [6.07, 6.45) is -4.38. The number of amides is 1. The van der Waals surface area contributed by atoms with E-state index in [4.69, 9.17) is 4.84 Å². The van der Waals surface area contributed by atoms with Crippen LogP contribution < -0.4 is 5.32 Å². The van der Waals surface area contributed by atoms with E-state index in [0.29, 0.717) is 17.5 Å². The molecule has 1 aliphatic heterocycles. The third kappa shape index (κ3) is 5.85. The van der Waals surface area contributed by atoms with Crippen molar-refractivity contribution < 1.29 is 27.6 Å². The summed E-state index contributed by atoms with van der Waals surface area (Å²) in [6.45, 7) is 8.62. The van der Waals surface area contributed by atoms with Crippen molar-refractivity contribution in [1.29, 1.82) is 0 Å². The zero-order chi connectivity index (χ0) is 25.3. The summed E-state index contributed by atoms with van der Waals surface area (Å²) < 4.78 is 36.6. The van der Waals surface area contributed by atoms with Crippen LogP contribution >= 0.6 is 0 Å². The quantitative estimate of drug-likeness (QED) is 0.531. The van der Waals surface area contributed by atoms with Crippen LogP contribution in [0.2, 0.25) is 0 Å². The Morgan fingerprint density at radius 3 is 2.26 bits per heavy atom. The minimum absolute atomic E-state index is 0.169. The Hall–Kier alpha value is -3.16. The Kier molecular flexibility index (Phi) is 7.19. The normalized spacial score (nSPS) is 17.8. The van der Waals surface area contributed by atoms with Gasteiger partial charge in [0, 0.05) is 24.8 Å². The lowest BCUT2D eigenvalue weighted by molar-refractivity contribution is -0.138. The van der Waals surface area contributed by atoms with E-state index in [9.17, 15) is 22.8 Å². The number of carbonyl (C=O) groups is 2. The van der Waals surface area contributed by atoms with E-state index < -0.39 is 24.2 Å². The minimum Gasteiger partial charge on any atom is -0.384 e. The van der Waals surface area contributed by atoms with Crippen LogP contribution in [0.15, 0.2) is 35.5 Å². The Bertz CT molecular complexity index is 1130. The maximum atomic E-state index is 12.5. The molecule has 1 aliphatic rings. The van der Waals surface area contributed by atoms with Gasteiger partial charge in [-0.1, -0.05) is 29.4 Å². The number of oxime groups is 1. The summed E-state index contributed by atoms with van der Waals surface area (Å²) in [5.41, 5.74) is 6.84. The lowest BCUT2D eigenvalue weighted by Crippen LogP contribution is -2.33. The fourth-order valence-electron chi connectivity index (χ4n) is 4.00. The molecule has 1 atom stereocenters. The molecule has 0 spiro atoms. The van der Waals surface area contributed by atoms with Gasteiger partial charge in [-0.05, 0) is 74.1 Å². The van der Waals surface area contributed by atoms with Crippen molar-refractivity contribution in [2.45, 2.75) is 65.7 Å². The summed E-state index contributed by atoms with van der Waals surface area (Å²) in [4.78, 5) is 30.0. The average molecular weight is 475 g/mol. The molecule has 0 radical (unpaired) electrons. The molecule has 8 heteroatoms. The van der Waals surface area contributed by atoms with Crippen LogP contribution in [0.25, 0.3) is 0 Å². The maximum Gasteiger partial charge on any atom is 0.405 e. The van der Waals surface area contributed by atoms with Crippen molar-refractivity contribution in [3.8, 4) is 0 Å². The summed E-state index contributed by atoms with van der Waals surface area (Å²) in [6, 6.07) is 9.54. The third-order valence-corrected chi connectivity index (χ3v) is 6.32. The molecule has 0 saturated carbocycles. The van der Waals surface area contributed by atoms with Gasteiger partial charge in [-0.2, -0.15) is 13.2 Å². The number of alkyl halides is 3. The number of ketones is 1. The second-order valence-corrected chi connectivity index (χ2v) is 9.12. The van der Waals surface area contributed by atoms with Gasteiger partial charge in [0.2, 0.25) is 5.91 Å². The fourth-order valence-corrected chi connectivity index (χ4v) is 4.00. The molecule has 0 fully saturated rings. The van der Waals surface area contributed by atoms with E-state index in [1.807, 2.05) is 13.0 Å². The molecule has 0 aromatic heterocycles. The van der Waals surface area contributed by atoms with Gasteiger partial charge < -0.3 is 10.2 Å². The lowest BCUT2D eigenvalue weighted by atomic mass is 9.85. The molecule has 1 unspecified atom stereocenters. The van der Waals surface area contributed by atoms with Crippen LogP contribution in [0.4, 0.5) is 13.2 Å². The topological polar surface area (TPSA) is 67.8 Å². The zero-order valence-corrected chi connectivity index (χ0v) is 20.0. The van der Waals surface area contributed by atoms with Crippen LogP contribution in [0.1, 0.15) is 69.9 Å². The first kappa shape index (κ1) is 25.5. The largest absolute Gasteiger partial charge is 0.405 e. The van der Waals surface area contributed by atoms with Crippen molar-refractivity contribution >= 4 is 17.4 Å².